The quantitative estimate of drug-likeness (QED) is 0.367. The highest BCUT2D eigenvalue weighted by molar-refractivity contribution is 9.10. The number of anilines is 1. The number of amides is 1. The lowest BCUT2D eigenvalue weighted by molar-refractivity contribution is 0.0734. The number of nitrogens with zero attached hydrogens (tertiary/aromatic N) is 5. The van der Waals surface area contributed by atoms with Crippen molar-refractivity contribution in [1.29, 1.82) is 0 Å². The number of carbonyl (C=O) groups excluding carboxylic acids is 1. The summed E-state index contributed by atoms with van der Waals surface area (Å²) in [5.41, 5.74) is 3.19. The number of piperazine rings is 1. The van der Waals surface area contributed by atoms with Gasteiger partial charge in [-0.05, 0) is 72.6 Å². The largest absolute Gasteiger partial charge is 0.354 e. The summed E-state index contributed by atoms with van der Waals surface area (Å²) in [5.74, 6) is 1.10. The highest BCUT2D eigenvalue weighted by Crippen LogP contribution is 2.31. The first-order valence-electron chi connectivity index (χ1n) is 12.6. The van der Waals surface area contributed by atoms with Gasteiger partial charge in [0.2, 0.25) is 0 Å². The molecule has 2 heterocycles. The molecule has 1 fully saturated rings. The third kappa shape index (κ3) is 5.98. The summed E-state index contributed by atoms with van der Waals surface area (Å²) in [6, 6.07) is 14.1. The van der Waals surface area contributed by atoms with Gasteiger partial charge in [-0.3, -0.25) is 4.79 Å². The van der Waals surface area contributed by atoms with E-state index >= 15 is 0 Å². The van der Waals surface area contributed by atoms with E-state index in [1.165, 1.54) is 12.1 Å². The molecule has 192 valence electrons. The molecule has 0 saturated carbocycles. The van der Waals surface area contributed by atoms with Crippen LogP contribution in [-0.4, -0.2) is 65.3 Å². The van der Waals surface area contributed by atoms with Crippen molar-refractivity contribution in [2.75, 3.05) is 44.7 Å². The fourth-order valence-corrected chi connectivity index (χ4v) is 4.98. The summed E-state index contributed by atoms with van der Waals surface area (Å²) in [6.45, 7) is 10.9. The molecule has 0 N–H and O–H groups in total. The first-order valence-corrected chi connectivity index (χ1v) is 13.4. The van der Waals surface area contributed by atoms with E-state index in [1.54, 1.807) is 6.07 Å². The number of halogens is 2. The molecule has 1 amide bonds. The summed E-state index contributed by atoms with van der Waals surface area (Å²) in [7, 11) is 2.12. The van der Waals surface area contributed by atoms with Crippen LogP contribution in [0, 0.1) is 18.7 Å². The Balaban J connectivity index is 1.77. The molecule has 0 spiro atoms. The third-order valence-corrected chi connectivity index (χ3v) is 7.42. The van der Waals surface area contributed by atoms with E-state index in [4.69, 9.17) is 5.10 Å². The minimum absolute atomic E-state index is 0.00893. The van der Waals surface area contributed by atoms with Crippen LogP contribution in [0.4, 0.5) is 10.2 Å². The Morgan fingerprint density at radius 2 is 1.83 bits per heavy atom. The van der Waals surface area contributed by atoms with Gasteiger partial charge in [-0.1, -0.05) is 32.0 Å². The molecular formula is C28H35BrFN5O. The monoisotopic (exact) mass is 555 g/mol. The Hall–Kier alpha value is -2.71. The molecule has 3 aromatic rings. The molecule has 0 atom stereocenters. The number of aromatic nitrogens is 2. The molecule has 1 aliphatic rings. The van der Waals surface area contributed by atoms with Gasteiger partial charge in [0.25, 0.3) is 5.91 Å². The average Bonchev–Trinajstić information content (AvgIpc) is 3.17. The van der Waals surface area contributed by atoms with Crippen LogP contribution >= 0.6 is 15.9 Å². The Kier molecular flexibility index (Phi) is 8.46. The first kappa shape index (κ1) is 26.4. The van der Waals surface area contributed by atoms with Gasteiger partial charge in [-0.2, -0.15) is 5.10 Å². The second-order valence-corrected chi connectivity index (χ2v) is 10.8. The average molecular weight is 557 g/mol. The Labute approximate surface area is 221 Å². The summed E-state index contributed by atoms with van der Waals surface area (Å²) >= 11 is 3.56. The smallest absolute Gasteiger partial charge is 0.255 e. The van der Waals surface area contributed by atoms with Crippen molar-refractivity contribution < 1.29 is 9.18 Å². The predicted octanol–water partition coefficient (Wildman–Crippen LogP) is 5.52. The topological polar surface area (TPSA) is 44.6 Å². The van der Waals surface area contributed by atoms with Crippen molar-refractivity contribution in [2.45, 2.75) is 33.7 Å². The van der Waals surface area contributed by atoms with E-state index in [9.17, 15) is 9.18 Å². The van der Waals surface area contributed by atoms with Crippen molar-refractivity contribution in [1.82, 2.24) is 19.6 Å². The van der Waals surface area contributed by atoms with Crippen LogP contribution in [0.5, 0.6) is 0 Å². The lowest BCUT2D eigenvalue weighted by Gasteiger charge is -2.35. The van der Waals surface area contributed by atoms with Crippen LogP contribution in [0.3, 0.4) is 0 Å². The number of hydrogen-bond donors (Lipinski definition) is 0. The molecule has 36 heavy (non-hydrogen) atoms. The van der Waals surface area contributed by atoms with E-state index in [-0.39, 0.29) is 11.7 Å². The Bertz CT molecular complexity index is 1200. The van der Waals surface area contributed by atoms with Gasteiger partial charge in [0.05, 0.1) is 23.5 Å². The van der Waals surface area contributed by atoms with Crippen LogP contribution < -0.4 is 4.90 Å². The number of benzene rings is 2. The van der Waals surface area contributed by atoms with Crippen molar-refractivity contribution in [3.05, 3.63) is 75.6 Å². The molecule has 6 nitrogen and oxygen atoms in total. The Morgan fingerprint density at radius 3 is 2.50 bits per heavy atom. The predicted molar refractivity (Wildman–Crippen MR) is 146 cm³/mol. The second kappa shape index (κ2) is 11.6. The fourth-order valence-electron chi connectivity index (χ4n) is 4.53. The molecule has 0 radical (unpaired) electrons. The van der Waals surface area contributed by atoms with E-state index in [0.717, 1.165) is 54.1 Å². The second-order valence-electron chi connectivity index (χ2n) is 9.96. The summed E-state index contributed by atoms with van der Waals surface area (Å²) in [5, 5.41) is 4.86. The van der Waals surface area contributed by atoms with Crippen LogP contribution in [0.2, 0.25) is 0 Å². The van der Waals surface area contributed by atoms with Crippen LogP contribution in [0.15, 0.2) is 53.0 Å². The molecule has 1 aromatic heterocycles. The van der Waals surface area contributed by atoms with Crippen LogP contribution in [-0.2, 0) is 6.54 Å². The highest BCUT2D eigenvalue weighted by Gasteiger charge is 2.28. The van der Waals surface area contributed by atoms with Gasteiger partial charge in [0, 0.05) is 42.8 Å². The fraction of sp³-hybridized carbons (Fsp3) is 0.429. The molecule has 8 heteroatoms. The number of likely N-dealkylation sites (N-methyl/N-ethyl adjacent to an activating group) is 1. The third-order valence-electron chi connectivity index (χ3n) is 6.73. The first-order chi connectivity index (χ1) is 17.2. The summed E-state index contributed by atoms with van der Waals surface area (Å²) < 4.78 is 16.8. The molecule has 0 aliphatic carbocycles. The molecule has 4 rings (SSSR count). The van der Waals surface area contributed by atoms with E-state index in [0.29, 0.717) is 30.3 Å². The maximum absolute atomic E-state index is 14.2. The zero-order chi connectivity index (χ0) is 25.8. The van der Waals surface area contributed by atoms with Crippen molar-refractivity contribution >= 4 is 27.7 Å². The summed E-state index contributed by atoms with van der Waals surface area (Å²) in [4.78, 5) is 20.3. The minimum atomic E-state index is -0.297. The van der Waals surface area contributed by atoms with Crippen molar-refractivity contribution in [3.8, 4) is 5.69 Å². The number of rotatable bonds is 8. The molecular weight excluding hydrogens is 521 g/mol. The van der Waals surface area contributed by atoms with Gasteiger partial charge in [0.1, 0.15) is 11.6 Å². The molecule has 0 bridgehead atoms. The standard InChI is InChI=1S/C28H35BrFN5O/c1-20(2)12-13-34(28(36)24-10-5-6-11-26(24)29)19-25-21(3)31-35(23-9-7-8-22(30)18-23)27(25)33-16-14-32(4)15-17-33/h5-11,18,20H,12-17,19H2,1-4H3. The maximum Gasteiger partial charge on any atom is 0.255 e. The van der Waals surface area contributed by atoms with Gasteiger partial charge in [-0.25, -0.2) is 9.07 Å². The van der Waals surface area contributed by atoms with Gasteiger partial charge in [0.15, 0.2) is 0 Å². The van der Waals surface area contributed by atoms with E-state index in [1.807, 2.05) is 46.8 Å². The van der Waals surface area contributed by atoms with E-state index < -0.39 is 0 Å². The lowest BCUT2D eigenvalue weighted by atomic mass is 10.1. The molecule has 1 saturated heterocycles. The Morgan fingerprint density at radius 1 is 1.11 bits per heavy atom. The summed E-state index contributed by atoms with van der Waals surface area (Å²) in [6.07, 6.45) is 0.900. The zero-order valence-electron chi connectivity index (χ0n) is 21.5. The number of carbonyl (C=O) groups is 1. The van der Waals surface area contributed by atoms with Gasteiger partial charge >= 0.3 is 0 Å². The number of aryl methyl sites for hydroxylation is 1. The van der Waals surface area contributed by atoms with Gasteiger partial charge < -0.3 is 14.7 Å². The zero-order valence-corrected chi connectivity index (χ0v) is 23.1. The molecule has 2 aromatic carbocycles. The molecule has 1 aliphatic heterocycles. The van der Waals surface area contributed by atoms with Gasteiger partial charge in [-0.15, -0.1) is 0 Å². The number of hydrogen-bond acceptors (Lipinski definition) is 4. The SMILES string of the molecule is Cc1nn(-c2cccc(F)c2)c(N2CCN(C)CC2)c1CN(CCC(C)C)C(=O)c1ccccc1Br. The normalized spacial score (nSPS) is 14.5. The van der Waals surface area contributed by atoms with Crippen molar-refractivity contribution in [2.24, 2.45) is 5.92 Å². The minimum Gasteiger partial charge on any atom is -0.354 e. The van der Waals surface area contributed by atoms with Crippen molar-refractivity contribution in [3.63, 3.8) is 0 Å². The van der Waals surface area contributed by atoms with Crippen LogP contribution in [0.1, 0.15) is 41.9 Å². The van der Waals surface area contributed by atoms with Crippen LogP contribution in [0.25, 0.3) is 5.69 Å². The lowest BCUT2D eigenvalue weighted by Crippen LogP contribution is -2.45. The molecule has 0 unspecified atom stereocenters. The van der Waals surface area contributed by atoms with E-state index in [2.05, 4.69) is 46.6 Å². The maximum atomic E-state index is 14.2. The highest BCUT2D eigenvalue weighted by atomic mass is 79.9.